The van der Waals surface area contributed by atoms with Gasteiger partial charge in [-0.3, -0.25) is 0 Å². The molecule has 0 radical (unpaired) electrons. The predicted molar refractivity (Wildman–Crippen MR) is 163 cm³/mol. The Hall–Kier alpha value is -3.28. The highest BCUT2D eigenvalue weighted by atomic mass is 32.1. The van der Waals surface area contributed by atoms with Gasteiger partial charge in [0.2, 0.25) is 0 Å². The number of thiophene rings is 3. The Morgan fingerprint density at radius 1 is 0.432 bits per heavy atom. The molecule has 0 aliphatic rings. The van der Waals surface area contributed by atoms with Gasteiger partial charge in [-0.1, -0.05) is 105 Å². The predicted octanol–water partition coefficient (Wildman–Crippen LogP) is 10.2. The first-order valence-corrected chi connectivity index (χ1v) is 15.0. The topological polar surface area (TPSA) is 20.2 Å². The molecule has 4 heteroatoms. The minimum atomic E-state index is -1.27. The fourth-order valence-electron chi connectivity index (χ4n) is 4.46. The molecule has 0 spiro atoms. The molecule has 0 fully saturated rings. The second-order valence-electron chi connectivity index (χ2n) is 8.37. The quantitative estimate of drug-likeness (QED) is 0.210. The summed E-state index contributed by atoms with van der Waals surface area (Å²) in [5, 5.41) is 18.7. The lowest BCUT2D eigenvalue weighted by atomic mass is 9.79. The van der Waals surface area contributed by atoms with E-state index in [1.807, 2.05) is 13.8 Å². The molecule has 3 aromatic heterocycles. The van der Waals surface area contributed by atoms with Crippen molar-refractivity contribution in [2.24, 2.45) is 0 Å². The zero-order valence-corrected chi connectivity index (χ0v) is 23.2. The second-order valence-corrected chi connectivity index (χ2v) is 11.2. The summed E-state index contributed by atoms with van der Waals surface area (Å²) in [6.07, 6.45) is 0. The van der Waals surface area contributed by atoms with Crippen molar-refractivity contribution in [3.63, 3.8) is 0 Å². The molecule has 1 N–H and O–H groups in total. The van der Waals surface area contributed by atoms with E-state index in [1.54, 1.807) is 34.0 Å². The SMILES string of the molecule is CC.OC(c1ccc(-c2cccs2)cc1)(c1ccc(-c2cccs2)cc1)c1ccc(-c2cccs2)cc1. The van der Waals surface area contributed by atoms with Gasteiger partial charge in [0.15, 0.2) is 0 Å². The van der Waals surface area contributed by atoms with Gasteiger partial charge in [-0.05, 0) is 67.7 Å². The molecular weight excluding hydrogens is 509 g/mol. The molecule has 0 saturated heterocycles. The first kappa shape index (κ1) is 25.4. The van der Waals surface area contributed by atoms with Gasteiger partial charge in [-0.2, -0.15) is 0 Å². The van der Waals surface area contributed by atoms with Gasteiger partial charge < -0.3 is 5.11 Å². The Bertz CT molecular complexity index is 1310. The van der Waals surface area contributed by atoms with Gasteiger partial charge in [0.1, 0.15) is 5.60 Å². The molecule has 184 valence electrons. The Morgan fingerprint density at radius 2 is 0.703 bits per heavy atom. The molecule has 0 aliphatic heterocycles. The van der Waals surface area contributed by atoms with E-state index in [4.69, 9.17) is 0 Å². The summed E-state index contributed by atoms with van der Waals surface area (Å²) in [5.74, 6) is 0. The number of hydrogen-bond acceptors (Lipinski definition) is 4. The number of hydrogen-bond donors (Lipinski definition) is 1. The summed E-state index contributed by atoms with van der Waals surface area (Å²) in [5.41, 5.74) is 4.77. The maximum Gasteiger partial charge on any atom is 0.140 e. The highest BCUT2D eigenvalue weighted by Gasteiger charge is 2.34. The van der Waals surface area contributed by atoms with Crippen molar-refractivity contribution in [3.8, 4) is 31.3 Å². The average Bonchev–Trinajstić information content (AvgIpc) is 3.78. The van der Waals surface area contributed by atoms with Crippen LogP contribution >= 0.6 is 34.0 Å². The van der Waals surface area contributed by atoms with Crippen molar-refractivity contribution in [1.82, 2.24) is 0 Å². The molecule has 0 atom stereocenters. The van der Waals surface area contributed by atoms with Gasteiger partial charge >= 0.3 is 0 Å². The van der Waals surface area contributed by atoms with Gasteiger partial charge in [0.25, 0.3) is 0 Å². The van der Waals surface area contributed by atoms with Crippen molar-refractivity contribution in [2.75, 3.05) is 0 Å². The zero-order chi connectivity index (χ0) is 25.7. The third-order valence-corrected chi connectivity index (χ3v) is 9.08. The molecule has 0 bridgehead atoms. The van der Waals surface area contributed by atoms with Crippen LogP contribution in [0.4, 0.5) is 0 Å². The minimum absolute atomic E-state index is 0.852. The van der Waals surface area contributed by atoms with Gasteiger partial charge in [0.05, 0.1) is 0 Å². The zero-order valence-electron chi connectivity index (χ0n) is 20.8. The molecule has 37 heavy (non-hydrogen) atoms. The van der Waals surface area contributed by atoms with Crippen molar-refractivity contribution in [3.05, 3.63) is 142 Å². The molecule has 0 saturated carbocycles. The van der Waals surface area contributed by atoms with Gasteiger partial charge in [-0.25, -0.2) is 0 Å². The van der Waals surface area contributed by atoms with E-state index in [1.165, 1.54) is 14.6 Å². The van der Waals surface area contributed by atoms with Crippen molar-refractivity contribution >= 4 is 34.0 Å². The smallest absolute Gasteiger partial charge is 0.140 e. The molecule has 0 unspecified atom stereocenters. The Balaban J connectivity index is 0.00000137. The maximum absolute atomic E-state index is 12.4. The lowest BCUT2D eigenvalue weighted by Crippen LogP contribution is -2.28. The van der Waals surface area contributed by atoms with E-state index in [0.717, 1.165) is 33.4 Å². The third kappa shape index (κ3) is 5.11. The van der Waals surface area contributed by atoms with Crippen LogP contribution < -0.4 is 0 Å². The minimum Gasteiger partial charge on any atom is -0.376 e. The summed E-state index contributed by atoms with van der Waals surface area (Å²) >= 11 is 5.17. The largest absolute Gasteiger partial charge is 0.376 e. The van der Waals surface area contributed by atoms with Crippen LogP contribution in [0.15, 0.2) is 125 Å². The lowest BCUT2D eigenvalue weighted by molar-refractivity contribution is 0.126. The highest BCUT2D eigenvalue weighted by Crippen LogP contribution is 2.40. The maximum atomic E-state index is 12.4. The summed E-state index contributed by atoms with van der Waals surface area (Å²) < 4.78 is 0. The molecule has 0 amide bonds. The molecule has 1 nitrogen and oxygen atoms in total. The number of aliphatic hydroxyl groups is 1. The summed E-state index contributed by atoms with van der Waals surface area (Å²) in [6.45, 7) is 4.00. The molecule has 3 aromatic carbocycles. The Kier molecular flexibility index (Phi) is 7.82. The fourth-order valence-corrected chi connectivity index (χ4v) is 6.65. The van der Waals surface area contributed by atoms with Crippen LogP contribution in [0.2, 0.25) is 0 Å². The van der Waals surface area contributed by atoms with Crippen LogP contribution in [0.1, 0.15) is 30.5 Å². The Morgan fingerprint density at radius 3 is 0.919 bits per heavy atom. The first-order valence-electron chi connectivity index (χ1n) is 12.4. The van der Waals surface area contributed by atoms with Crippen molar-refractivity contribution < 1.29 is 5.11 Å². The fraction of sp³-hybridized carbons (Fsp3) is 0.0909. The lowest BCUT2D eigenvalue weighted by Gasteiger charge is -2.30. The summed E-state index contributed by atoms with van der Waals surface area (Å²) in [6, 6.07) is 37.5. The van der Waals surface area contributed by atoms with E-state index in [0.29, 0.717) is 0 Å². The monoisotopic (exact) mass is 536 g/mol. The summed E-state index contributed by atoms with van der Waals surface area (Å²) in [4.78, 5) is 3.67. The van der Waals surface area contributed by atoms with E-state index >= 15 is 0 Å². The third-order valence-electron chi connectivity index (χ3n) is 6.33. The first-order chi connectivity index (χ1) is 18.2. The highest BCUT2D eigenvalue weighted by molar-refractivity contribution is 7.14. The van der Waals surface area contributed by atoms with Crippen LogP contribution in [-0.2, 0) is 5.60 Å². The van der Waals surface area contributed by atoms with Crippen LogP contribution in [0.5, 0.6) is 0 Å². The van der Waals surface area contributed by atoms with Crippen LogP contribution in [-0.4, -0.2) is 5.11 Å². The number of benzene rings is 3. The standard InChI is InChI=1S/C31H22OS3.C2H6/c32-31(25-13-7-22(8-14-25)28-4-1-19-33-28,26-15-9-23(10-16-26)29-5-2-20-34-29)27-17-11-24(12-18-27)30-6-3-21-35-30;1-2/h1-21,32H;1-2H3. The van der Waals surface area contributed by atoms with Crippen molar-refractivity contribution in [1.29, 1.82) is 0 Å². The van der Waals surface area contributed by atoms with E-state index in [9.17, 15) is 5.11 Å². The summed E-state index contributed by atoms with van der Waals surface area (Å²) in [7, 11) is 0. The van der Waals surface area contributed by atoms with Gasteiger partial charge in [0, 0.05) is 14.6 Å². The molecule has 6 aromatic rings. The van der Waals surface area contributed by atoms with Crippen LogP contribution in [0.3, 0.4) is 0 Å². The van der Waals surface area contributed by atoms with Crippen molar-refractivity contribution in [2.45, 2.75) is 19.4 Å². The van der Waals surface area contributed by atoms with E-state index in [2.05, 4.69) is 125 Å². The Labute approximate surface area is 231 Å². The van der Waals surface area contributed by atoms with Gasteiger partial charge in [-0.15, -0.1) is 34.0 Å². The normalized spacial score (nSPS) is 11.1. The molecule has 3 heterocycles. The molecule has 0 aliphatic carbocycles. The average molecular weight is 537 g/mol. The van der Waals surface area contributed by atoms with E-state index < -0.39 is 5.60 Å². The van der Waals surface area contributed by atoms with E-state index in [-0.39, 0.29) is 0 Å². The van der Waals surface area contributed by atoms with Crippen LogP contribution in [0, 0.1) is 0 Å². The van der Waals surface area contributed by atoms with Crippen LogP contribution in [0.25, 0.3) is 31.3 Å². The number of rotatable bonds is 6. The molecule has 6 rings (SSSR count). The molecular formula is C33H28OS3. The second kappa shape index (κ2) is 11.4.